The van der Waals surface area contributed by atoms with Crippen LogP contribution in [0.4, 0.5) is 5.82 Å². The van der Waals surface area contributed by atoms with E-state index in [0.717, 1.165) is 0 Å². The number of benzene rings is 1. The summed E-state index contributed by atoms with van der Waals surface area (Å²) < 4.78 is 2.78. The molecular weight excluding hydrogens is 352 g/mol. The Kier molecular flexibility index (Phi) is 3.21. The summed E-state index contributed by atoms with van der Waals surface area (Å²) in [6.07, 6.45) is 1.67. The number of hydrogen-bond donors (Lipinski definition) is 2. The molecule has 1 aromatic heterocycles. The lowest BCUT2D eigenvalue weighted by Gasteiger charge is -2.08. The standard InChI is InChI=1S/C10H8Br2N4O/c11-5-2-1-3-7(8(5)10(14)17)16-4-6(12)9(13)15-16/h1-4H,(H2,13,15)(H2,14,17). The predicted octanol–water partition coefficient (Wildman–Crippen LogP) is 2.08. The highest BCUT2D eigenvalue weighted by atomic mass is 79.9. The van der Waals surface area contributed by atoms with Crippen molar-refractivity contribution in [2.75, 3.05) is 5.73 Å². The number of carbonyl (C=O) groups is 1. The first-order valence-corrected chi connectivity index (χ1v) is 6.18. The van der Waals surface area contributed by atoms with Crippen LogP contribution in [-0.2, 0) is 0 Å². The highest BCUT2D eigenvalue weighted by Crippen LogP contribution is 2.25. The molecule has 5 nitrogen and oxygen atoms in total. The van der Waals surface area contributed by atoms with Crippen LogP contribution in [0.15, 0.2) is 33.3 Å². The third-order valence-corrected chi connectivity index (χ3v) is 3.45. The maximum Gasteiger partial charge on any atom is 0.252 e. The fraction of sp³-hybridized carbons (Fsp3) is 0. The second-order valence-electron chi connectivity index (χ2n) is 3.31. The number of anilines is 1. The van der Waals surface area contributed by atoms with Crippen LogP contribution < -0.4 is 11.5 Å². The number of amides is 1. The van der Waals surface area contributed by atoms with Crippen molar-refractivity contribution in [3.63, 3.8) is 0 Å². The molecule has 0 saturated carbocycles. The summed E-state index contributed by atoms with van der Waals surface area (Å²) >= 11 is 6.54. The van der Waals surface area contributed by atoms with Gasteiger partial charge in [0.25, 0.3) is 5.91 Å². The van der Waals surface area contributed by atoms with Crippen LogP contribution in [0.1, 0.15) is 10.4 Å². The summed E-state index contributed by atoms with van der Waals surface area (Å²) in [6.45, 7) is 0. The largest absolute Gasteiger partial charge is 0.381 e. The molecule has 0 bridgehead atoms. The van der Waals surface area contributed by atoms with Gasteiger partial charge in [-0.05, 0) is 44.0 Å². The molecule has 0 radical (unpaired) electrons. The molecule has 0 aliphatic heterocycles. The predicted molar refractivity (Wildman–Crippen MR) is 71.9 cm³/mol. The molecule has 88 valence electrons. The Labute approximate surface area is 114 Å². The molecule has 7 heteroatoms. The molecular formula is C10H8Br2N4O. The van der Waals surface area contributed by atoms with Crippen molar-refractivity contribution in [3.8, 4) is 5.69 Å². The molecule has 1 amide bonds. The molecule has 4 N–H and O–H groups in total. The Morgan fingerprint density at radius 2 is 2.00 bits per heavy atom. The molecule has 0 spiro atoms. The number of rotatable bonds is 2. The average molecular weight is 360 g/mol. The van der Waals surface area contributed by atoms with E-state index in [1.54, 1.807) is 24.4 Å². The average Bonchev–Trinajstić information content (AvgIpc) is 2.58. The Morgan fingerprint density at radius 3 is 2.53 bits per heavy atom. The number of hydrogen-bond acceptors (Lipinski definition) is 3. The Balaban J connectivity index is 2.67. The Hall–Kier alpha value is -1.34. The Morgan fingerprint density at radius 1 is 1.29 bits per heavy atom. The number of nitrogens with zero attached hydrogens (tertiary/aromatic N) is 2. The summed E-state index contributed by atoms with van der Waals surface area (Å²) in [6, 6.07) is 5.27. The molecule has 2 aromatic rings. The molecule has 0 aliphatic carbocycles. The van der Waals surface area contributed by atoms with E-state index in [-0.39, 0.29) is 0 Å². The van der Waals surface area contributed by atoms with E-state index < -0.39 is 5.91 Å². The second kappa shape index (κ2) is 4.50. The molecule has 17 heavy (non-hydrogen) atoms. The van der Waals surface area contributed by atoms with Gasteiger partial charge in [0.2, 0.25) is 0 Å². The van der Waals surface area contributed by atoms with Crippen molar-refractivity contribution >= 4 is 43.6 Å². The molecule has 0 saturated heterocycles. The third-order valence-electron chi connectivity index (χ3n) is 2.18. The van der Waals surface area contributed by atoms with Crippen LogP contribution in [0.5, 0.6) is 0 Å². The van der Waals surface area contributed by atoms with E-state index in [1.807, 2.05) is 0 Å². The van der Waals surface area contributed by atoms with Crippen molar-refractivity contribution in [2.24, 2.45) is 5.73 Å². The summed E-state index contributed by atoms with van der Waals surface area (Å²) in [7, 11) is 0. The zero-order valence-electron chi connectivity index (χ0n) is 8.52. The fourth-order valence-corrected chi connectivity index (χ4v) is 2.26. The highest BCUT2D eigenvalue weighted by molar-refractivity contribution is 9.11. The van der Waals surface area contributed by atoms with Gasteiger partial charge >= 0.3 is 0 Å². The summed E-state index contributed by atoms with van der Waals surface area (Å²) in [5, 5.41) is 4.08. The summed E-state index contributed by atoms with van der Waals surface area (Å²) in [5.74, 6) is -0.182. The van der Waals surface area contributed by atoms with Crippen LogP contribution in [-0.4, -0.2) is 15.7 Å². The third kappa shape index (κ3) is 2.20. The first-order valence-electron chi connectivity index (χ1n) is 4.60. The van der Waals surface area contributed by atoms with Gasteiger partial charge in [-0.2, -0.15) is 0 Å². The zero-order valence-corrected chi connectivity index (χ0v) is 11.7. The van der Waals surface area contributed by atoms with E-state index in [1.165, 1.54) is 4.68 Å². The minimum absolute atomic E-state index is 0.348. The number of halogens is 2. The van der Waals surface area contributed by atoms with E-state index in [4.69, 9.17) is 11.5 Å². The van der Waals surface area contributed by atoms with Crippen LogP contribution >= 0.6 is 31.9 Å². The van der Waals surface area contributed by atoms with Gasteiger partial charge in [-0.15, -0.1) is 5.10 Å². The van der Waals surface area contributed by atoms with Gasteiger partial charge in [0.05, 0.1) is 15.7 Å². The monoisotopic (exact) mass is 358 g/mol. The quantitative estimate of drug-likeness (QED) is 0.860. The smallest absolute Gasteiger partial charge is 0.252 e. The fourth-order valence-electron chi connectivity index (χ4n) is 1.44. The van der Waals surface area contributed by atoms with Gasteiger partial charge < -0.3 is 11.5 Å². The van der Waals surface area contributed by atoms with Gasteiger partial charge in [0.1, 0.15) is 0 Å². The van der Waals surface area contributed by atoms with Crippen LogP contribution in [0.2, 0.25) is 0 Å². The van der Waals surface area contributed by atoms with Gasteiger partial charge in [-0.25, -0.2) is 4.68 Å². The molecule has 0 atom stereocenters. The van der Waals surface area contributed by atoms with Crippen molar-refractivity contribution < 1.29 is 4.79 Å². The first kappa shape index (κ1) is 12.1. The van der Waals surface area contributed by atoms with Gasteiger partial charge in [-0.3, -0.25) is 4.79 Å². The maximum absolute atomic E-state index is 11.4. The lowest BCUT2D eigenvalue weighted by Crippen LogP contribution is -2.15. The maximum atomic E-state index is 11.4. The van der Waals surface area contributed by atoms with E-state index in [9.17, 15) is 4.79 Å². The van der Waals surface area contributed by atoms with Gasteiger partial charge in [0.15, 0.2) is 5.82 Å². The minimum atomic E-state index is -0.530. The topological polar surface area (TPSA) is 86.9 Å². The van der Waals surface area contributed by atoms with Gasteiger partial charge in [-0.1, -0.05) is 6.07 Å². The van der Waals surface area contributed by atoms with Crippen LogP contribution in [0.25, 0.3) is 5.69 Å². The van der Waals surface area contributed by atoms with E-state index in [0.29, 0.717) is 26.0 Å². The normalized spacial score (nSPS) is 10.5. The highest BCUT2D eigenvalue weighted by Gasteiger charge is 2.15. The Bertz CT molecular complexity index is 574. The van der Waals surface area contributed by atoms with E-state index in [2.05, 4.69) is 37.0 Å². The number of nitrogens with two attached hydrogens (primary N) is 2. The van der Waals surface area contributed by atoms with Crippen molar-refractivity contribution in [1.29, 1.82) is 0 Å². The number of primary amides is 1. The zero-order chi connectivity index (χ0) is 12.6. The SMILES string of the molecule is NC(=O)c1c(Br)cccc1-n1cc(Br)c(N)n1. The van der Waals surface area contributed by atoms with Crippen molar-refractivity contribution in [3.05, 3.63) is 38.9 Å². The first-order chi connectivity index (χ1) is 8.00. The minimum Gasteiger partial charge on any atom is -0.381 e. The lowest BCUT2D eigenvalue weighted by molar-refractivity contribution is 0.0999. The lowest BCUT2D eigenvalue weighted by atomic mass is 10.1. The molecule has 0 aliphatic rings. The van der Waals surface area contributed by atoms with Crippen LogP contribution in [0, 0.1) is 0 Å². The van der Waals surface area contributed by atoms with E-state index >= 15 is 0 Å². The van der Waals surface area contributed by atoms with Crippen molar-refractivity contribution in [1.82, 2.24) is 9.78 Å². The number of carbonyl (C=O) groups excluding carboxylic acids is 1. The van der Waals surface area contributed by atoms with Crippen LogP contribution in [0.3, 0.4) is 0 Å². The summed E-state index contributed by atoms with van der Waals surface area (Å²) in [4.78, 5) is 11.4. The molecule has 2 rings (SSSR count). The summed E-state index contributed by atoms with van der Waals surface area (Å²) in [5.41, 5.74) is 11.9. The van der Waals surface area contributed by atoms with Crippen molar-refractivity contribution in [2.45, 2.75) is 0 Å². The second-order valence-corrected chi connectivity index (χ2v) is 5.01. The molecule has 0 fully saturated rings. The molecule has 0 unspecified atom stereocenters. The molecule has 1 aromatic carbocycles. The number of nitrogen functional groups attached to an aromatic ring is 1. The number of aromatic nitrogens is 2. The molecule has 1 heterocycles. The van der Waals surface area contributed by atoms with Gasteiger partial charge in [0, 0.05) is 10.7 Å².